The Hall–Kier alpha value is -2.44. The molecule has 0 aliphatic heterocycles. The molecule has 0 fully saturated rings. The van der Waals surface area contributed by atoms with Gasteiger partial charge in [-0.1, -0.05) is 17.3 Å². The SMILES string of the molecule is CCOc1ccc(CC(=O)NC(C)c2nn[nH]n2)cc1. The fourth-order valence-corrected chi connectivity index (χ4v) is 1.77. The van der Waals surface area contributed by atoms with Gasteiger partial charge < -0.3 is 10.1 Å². The van der Waals surface area contributed by atoms with Crippen molar-refractivity contribution in [2.45, 2.75) is 26.3 Å². The Bertz CT molecular complexity index is 538. The fourth-order valence-electron chi connectivity index (χ4n) is 1.77. The normalized spacial score (nSPS) is 11.9. The van der Waals surface area contributed by atoms with E-state index in [2.05, 4.69) is 25.9 Å². The van der Waals surface area contributed by atoms with E-state index in [1.54, 1.807) is 6.92 Å². The Morgan fingerprint density at radius 2 is 2.15 bits per heavy atom. The molecule has 2 rings (SSSR count). The molecule has 1 unspecified atom stereocenters. The molecule has 0 aliphatic carbocycles. The highest BCUT2D eigenvalue weighted by molar-refractivity contribution is 5.78. The van der Waals surface area contributed by atoms with Crippen LogP contribution in [0.25, 0.3) is 0 Å². The van der Waals surface area contributed by atoms with Gasteiger partial charge in [0.2, 0.25) is 5.91 Å². The molecule has 0 saturated heterocycles. The van der Waals surface area contributed by atoms with Gasteiger partial charge in [-0.3, -0.25) is 4.79 Å². The van der Waals surface area contributed by atoms with Crippen molar-refractivity contribution in [2.75, 3.05) is 6.61 Å². The number of aromatic amines is 1. The lowest BCUT2D eigenvalue weighted by molar-refractivity contribution is -0.121. The predicted octanol–water partition coefficient (Wildman–Crippen LogP) is 1.02. The Morgan fingerprint density at radius 1 is 1.40 bits per heavy atom. The smallest absolute Gasteiger partial charge is 0.225 e. The highest BCUT2D eigenvalue weighted by Gasteiger charge is 2.13. The first-order chi connectivity index (χ1) is 9.69. The molecule has 1 atom stereocenters. The molecule has 0 bridgehead atoms. The molecular formula is C13H17N5O2. The maximum atomic E-state index is 11.9. The molecule has 0 saturated carbocycles. The molecule has 0 spiro atoms. The third-order valence-corrected chi connectivity index (χ3v) is 2.73. The first-order valence-electron chi connectivity index (χ1n) is 6.43. The number of H-pyrrole nitrogens is 1. The molecule has 20 heavy (non-hydrogen) atoms. The van der Waals surface area contributed by atoms with Crippen molar-refractivity contribution in [2.24, 2.45) is 0 Å². The van der Waals surface area contributed by atoms with E-state index in [1.165, 1.54) is 0 Å². The van der Waals surface area contributed by atoms with Crippen LogP contribution >= 0.6 is 0 Å². The van der Waals surface area contributed by atoms with Crippen LogP contribution in [0, 0.1) is 0 Å². The summed E-state index contributed by atoms with van der Waals surface area (Å²) in [6, 6.07) is 7.19. The summed E-state index contributed by atoms with van der Waals surface area (Å²) in [7, 11) is 0. The largest absolute Gasteiger partial charge is 0.494 e. The number of nitrogens with one attached hydrogen (secondary N) is 2. The number of carbonyl (C=O) groups excluding carboxylic acids is 1. The monoisotopic (exact) mass is 275 g/mol. The Kier molecular flexibility index (Phi) is 4.65. The van der Waals surface area contributed by atoms with Crippen molar-refractivity contribution in [3.05, 3.63) is 35.7 Å². The minimum atomic E-state index is -0.274. The van der Waals surface area contributed by atoms with Gasteiger partial charge in [0.05, 0.1) is 19.1 Å². The van der Waals surface area contributed by atoms with E-state index >= 15 is 0 Å². The molecule has 0 radical (unpaired) electrons. The van der Waals surface area contributed by atoms with Crippen LogP contribution in [-0.2, 0) is 11.2 Å². The molecule has 1 aromatic heterocycles. The van der Waals surface area contributed by atoms with E-state index in [9.17, 15) is 4.79 Å². The quantitative estimate of drug-likeness (QED) is 0.821. The Balaban J connectivity index is 1.87. The van der Waals surface area contributed by atoms with Gasteiger partial charge in [0.25, 0.3) is 0 Å². The number of ether oxygens (including phenoxy) is 1. The molecule has 106 valence electrons. The van der Waals surface area contributed by atoms with Gasteiger partial charge in [0.1, 0.15) is 5.75 Å². The van der Waals surface area contributed by atoms with Gasteiger partial charge >= 0.3 is 0 Å². The van der Waals surface area contributed by atoms with E-state index in [1.807, 2.05) is 31.2 Å². The lowest BCUT2D eigenvalue weighted by atomic mass is 10.1. The van der Waals surface area contributed by atoms with E-state index in [-0.39, 0.29) is 11.9 Å². The number of aromatic nitrogens is 4. The Labute approximate surface area is 116 Å². The first-order valence-corrected chi connectivity index (χ1v) is 6.43. The number of carbonyl (C=O) groups is 1. The molecule has 0 aliphatic rings. The van der Waals surface area contributed by atoms with Crippen LogP contribution in [0.1, 0.15) is 31.3 Å². The van der Waals surface area contributed by atoms with Crippen molar-refractivity contribution in [1.29, 1.82) is 0 Å². The van der Waals surface area contributed by atoms with Crippen LogP contribution in [0.3, 0.4) is 0 Å². The van der Waals surface area contributed by atoms with E-state index in [4.69, 9.17) is 4.74 Å². The standard InChI is InChI=1S/C13H17N5O2/c1-3-20-11-6-4-10(5-7-11)8-12(19)14-9(2)13-15-17-18-16-13/h4-7,9H,3,8H2,1-2H3,(H,14,19)(H,15,16,17,18). The van der Waals surface area contributed by atoms with Crippen molar-refractivity contribution in [1.82, 2.24) is 25.9 Å². The number of hydrogen-bond acceptors (Lipinski definition) is 5. The summed E-state index contributed by atoms with van der Waals surface area (Å²) in [5, 5.41) is 16.3. The van der Waals surface area contributed by atoms with Crippen LogP contribution < -0.4 is 10.1 Å². The second-order valence-electron chi connectivity index (χ2n) is 4.31. The zero-order chi connectivity index (χ0) is 14.4. The van der Waals surface area contributed by atoms with Gasteiger partial charge in [0, 0.05) is 0 Å². The molecule has 1 aromatic carbocycles. The van der Waals surface area contributed by atoms with Crippen molar-refractivity contribution in [3.63, 3.8) is 0 Å². The molecule has 2 aromatic rings. The van der Waals surface area contributed by atoms with Crippen LogP contribution in [0.4, 0.5) is 0 Å². The predicted molar refractivity (Wildman–Crippen MR) is 72.1 cm³/mol. The zero-order valence-electron chi connectivity index (χ0n) is 11.5. The number of amides is 1. The van der Waals surface area contributed by atoms with Crippen molar-refractivity contribution < 1.29 is 9.53 Å². The summed E-state index contributed by atoms with van der Waals surface area (Å²) in [5.41, 5.74) is 0.922. The van der Waals surface area contributed by atoms with Gasteiger partial charge in [-0.2, -0.15) is 5.21 Å². The molecule has 7 heteroatoms. The highest BCUT2D eigenvalue weighted by Crippen LogP contribution is 2.13. The number of rotatable bonds is 6. The maximum absolute atomic E-state index is 11.9. The second kappa shape index (κ2) is 6.65. The topological polar surface area (TPSA) is 92.8 Å². The average molecular weight is 275 g/mol. The van der Waals surface area contributed by atoms with Gasteiger partial charge in [0.15, 0.2) is 5.82 Å². The summed E-state index contributed by atoms with van der Waals surface area (Å²) in [6.07, 6.45) is 0.300. The molecule has 7 nitrogen and oxygen atoms in total. The molecular weight excluding hydrogens is 258 g/mol. The third-order valence-electron chi connectivity index (χ3n) is 2.73. The van der Waals surface area contributed by atoms with Crippen molar-refractivity contribution in [3.8, 4) is 5.75 Å². The summed E-state index contributed by atoms with van der Waals surface area (Å²) >= 11 is 0. The number of nitrogens with zero attached hydrogens (tertiary/aromatic N) is 3. The Morgan fingerprint density at radius 3 is 2.75 bits per heavy atom. The minimum Gasteiger partial charge on any atom is -0.494 e. The van der Waals surface area contributed by atoms with Crippen LogP contribution in [0.5, 0.6) is 5.75 Å². The van der Waals surface area contributed by atoms with Crippen molar-refractivity contribution >= 4 is 5.91 Å². The summed E-state index contributed by atoms with van der Waals surface area (Å²) in [5.74, 6) is 1.17. The summed E-state index contributed by atoms with van der Waals surface area (Å²) in [4.78, 5) is 11.9. The second-order valence-corrected chi connectivity index (χ2v) is 4.31. The minimum absolute atomic E-state index is 0.0912. The van der Waals surface area contributed by atoms with E-state index in [0.717, 1.165) is 11.3 Å². The van der Waals surface area contributed by atoms with Crippen LogP contribution in [0.2, 0.25) is 0 Å². The third kappa shape index (κ3) is 3.78. The van der Waals surface area contributed by atoms with Gasteiger partial charge in [-0.05, 0) is 31.5 Å². The molecule has 1 amide bonds. The highest BCUT2D eigenvalue weighted by atomic mass is 16.5. The number of hydrogen-bond donors (Lipinski definition) is 2. The maximum Gasteiger partial charge on any atom is 0.225 e. The number of benzene rings is 1. The summed E-state index contributed by atoms with van der Waals surface area (Å²) < 4.78 is 5.35. The molecule has 1 heterocycles. The lowest BCUT2D eigenvalue weighted by Crippen LogP contribution is -2.28. The zero-order valence-corrected chi connectivity index (χ0v) is 11.5. The van der Waals surface area contributed by atoms with Crippen LogP contribution in [-0.4, -0.2) is 33.1 Å². The lowest BCUT2D eigenvalue weighted by Gasteiger charge is -2.10. The van der Waals surface area contributed by atoms with Gasteiger partial charge in [-0.15, -0.1) is 10.2 Å². The van der Waals surface area contributed by atoms with E-state index in [0.29, 0.717) is 18.9 Å². The fraction of sp³-hybridized carbons (Fsp3) is 0.385. The van der Waals surface area contributed by atoms with Crippen LogP contribution in [0.15, 0.2) is 24.3 Å². The van der Waals surface area contributed by atoms with E-state index < -0.39 is 0 Å². The first kappa shape index (κ1) is 14.0. The summed E-state index contributed by atoms with van der Waals surface area (Å²) in [6.45, 7) is 4.36. The van der Waals surface area contributed by atoms with Gasteiger partial charge in [-0.25, -0.2) is 0 Å². The average Bonchev–Trinajstić information content (AvgIpc) is 2.95. The molecule has 2 N–H and O–H groups in total. The number of tetrazole rings is 1.